The van der Waals surface area contributed by atoms with E-state index in [9.17, 15) is 14.4 Å². The molecule has 6 heteroatoms. The number of likely N-dealkylation sites (N-methyl/N-ethyl adjacent to an activating group) is 1. The van der Waals surface area contributed by atoms with Gasteiger partial charge in [0.1, 0.15) is 11.9 Å². The summed E-state index contributed by atoms with van der Waals surface area (Å²) in [5, 5.41) is 3.42. The number of rotatable bonds is 1. The Balaban J connectivity index is 1.64. The number of imide groups is 1. The number of hydrogen-bond acceptors (Lipinski definition) is 4. The van der Waals surface area contributed by atoms with E-state index in [0.29, 0.717) is 0 Å². The first kappa shape index (κ1) is 16.3. The predicted molar refractivity (Wildman–Crippen MR) is 106 cm³/mol. The van der Waals surface area contributed by atoms with Crippen molar-refractivity contribution >= 4 is 29.0 Å². The summed E-state index contributed by atoms with van der Waals surface area (Å²) in [5.41, 5.74) is 4.84. The van der Waals surface area contributed by atoms with Gasteiger partial charge in [-0.2, -0.15) is 0 Å². The van der Waals surface area contributed by atoms with E-state index in [1.165, 1.54) is 17.5 Å². The van der Waals surface area contributed by atoms with Crippen molar-refractivity contribution < 1.29 is 14.4 Å². The summed E-state index contributed by atoms with van der Waals surface area (Å²) >= 11 is 0. The molecule has 0 saturated carbocycles. The minimum Gasteiger partial charge on any atom is -0.363 e. The van der Waals surface area contributed by atoms with Gasteiger partial charge in [-0.15, -0.1) is 0 Å². The number of allylic oxidation sites excluding steroid dienone is 1. The zero-order valence-corrected chi connectivity index (χ0v) is 15.7. The molecule has 0 radical (unpaired) electrons. The van der Waals surface area contributed by atoms with Gasteiger partial charge in [-0.25, -0.2) is 0 Å². The molecule has 6 nitrogen and oxygen atoms in total. The number of anilines is 1. The van der Waals surface area contributed by atoms with Gasteiger partial charge < -0.3 is 5.32 Å². The van der Waals surface area contributed by atoms with Gasteiger partial charge in [0, 0.05) is 12.7 Å². The lowest BCUT2D eigenvalue weighted by atomic mass is 9.72. The van der Waals surface area contributed by atoms with Gasteiger partial charge in [0.2, 0.25) is 0 Å². The van der Waals surface area contributed by atoms with E-state index < -0.39 is 29.3 Å². The maximum Gasteiger partial charge on any atom is 0.319 e. The first-order valence-electron chi connectivity index (χ1n) is 9.57. The Kier molecular flexibility index (Phi) is 2.94. The van der Waals surface area contributed by atoms with Crippen LogP contribution in [0.2, 0.25) is 0 Å². The van der Waals surface area contributed by atoms with Crippen LogP contribution < -0.4 is 5.32 Å². The minimum absolute atomic E-state index is 0.259. The van der Waals surface area contributed by atoms with Crippen molar-refractivity contribution in [1.29, 1.82) is 0 Å². The van der Waals surface area contributed by atoms with Crippen molar-refractivity contribution in [2.45, 2.75) is 18.0 Å². The highest BCUT2D eigenvalue weighted by atomic mass is 16.2. The van der Waals surface area contributed by atoms with Crippen LogP contribution in [0.1, 0.15) is 16.7 Å². The molecule has 0 aromatic heterocycles. The van der Waals surface area contributed by atoms with Crippen LogP contribution in [0.25, 0.3) is 5.57 Å². The normalized spacial score (nSPS) is 26.5. The SMILES string of the molecule is CN1C(=O)C(=O)N2C(=C[C@]3(C4=CCc5ccccc54)c4ccccc4N[C@H]23)C1=O. The lowest BCUT2D eigenvalue weighted by molar-refractivity contribution is -0.159. The van der Waals surface area contributed by atoms with Gasteiger partial charge in [-0.1, -0.05) is 48.5 Å². The molecule has 1 aliphatic carbocycles. The third-order valence-corrected chi connectivity index (χ3v) is 6.49. The van der Waals surface area contributed by atoms with Crippen LogP contribution in [-0.4, -0.2) is 40.7 Å². The highest BCUT2D eigenvalue weighted by Crippen LogP contribution is 2.57. The number of carbonyl (C=O) groups excluding carboxylic acids is 3. The Labute approximate surface area is 167 Å². The average molecular weight is 383 g/mol. The van der Waals surface area contributed by atoms with Crippen molar-refractivity contribution in [2.24, 2.45) is 0 Å². The Morgan fingerprint density at radius 3 is 2.59 bits per heavy atom. The van der Waals surface area contributed by atoms with E-state index >= 15 is 0 Å². The molecule has 3 amide bonds. The lowest BCUT2D eigenvalue weighted by Gasteiger charge is -2.37. The van der Waals surface area contributed by atoms with Crippen molar-refractivity contribution in [1.82, 2.24) is 9.80 Å². The standard InChI is InChI=1S/C23H17N3O3/c1-25-19(27)18-12-23(15-11-10-13-6-2-3-7-14(13)15)16-8-4-5-9-17(16)24-22(23)26(18)21(29)20(25)28/h2-9,11-12,22,24H,10H2,1H3/t22-,23+/m1/s1. The number of piperazine rings is 1. The number of benzene rings is 2. The number of amides is 3. The molecule has 0 spiro atoms. The number of fused-ring (bicyclic) bond motifs is 6. The Bertz CT molecular complexity index is 1210. The Morgan fingerprint density at radius 2 is 1.72 bits per heavy atom. The monoisotopic (exact) mass is 383 g/mol. The highest BCUT2D eigenvalue weighted by Gasteiger charge is 2.61. The fraction of sp³-hybridized carbons (Fsp3) is 0.174. The molecule has 2 aromatic carbocycles. The fourth-order valence-electron chi connectivity index (χ4n) is 5.17. The lowest BCUT2D eigenvalue weighted by Crippen LogP contribution is -2.58. The molecule has 2 atom stereocenters. The van der Waals surface area contributed by atoms with Gasteiger partial charge in [0.15, 0.2) is 0 Å². The molecule has 0 unspecified atom stereocenters. The molecular formula is C23H17N3O3. The second kappa shape index (κ2) is 5.23. The quantitative estimate of drug-likeness (QED) is 0.604. The van der Waals surface area contributed by atoms with Gasteiger partial charge in [-0.05, 0) is 40.8 Å². The first-order valence-corrected chi connectivity index (χ1v) is 9.57. The second-order valence-electron chi connectivity index (χ2n) is 7.81. The van der Waals surface area contributed by atoms with Crippen LogP contribution in [0.15, 0.2) is 66.4 Å². The molecule has 6 rings (SSSR count). The molecule has 0 bridgehead atoms. The number of hydrogen-bond donors (Lipinski definition) is 1. The summed E-state index contributed by atoms with van der Waals surface area (Å²) in [4.78, 5) is 40.5. The van der Waals surface area contributed by atoms with Gasteiger partial charge in [0.25, 0.3) is 5.91 Å². The second-order valence-corrected chi connectivity index (χ2v) is 7.81. The number of carbonyl (C=O) groups is 3. The molecule has 29 heavy (non-hydrogen) atoms. The van der Waals surface area contributed by atoms with Crippen LogP contribution in [0.4, 0.5) is 5.69 Å². The van der Waals surface area contributed by atoms with E-state index in [1.807, 2.05) is 42.5 Å². The minimum atomic E-state index is -0.804. The largest absolute Gasteiger partial charge is 0.363 e. The van der Waals surface area contributed by atoms with E-state index in [0.717, 1.165) is 33.7 Å². The fourth-order valence-corrected chi connectivity index (χ4v) is 5.17. The van der Waals surface area contributed by atoms with E-state index in [-0.39, 0.29) is 5.70 Å². The molecule has 1 N–H and O–H groups in total. The van der Waals surface area contributed by atoms with Gasteiger partial charge >= 0.3 is 11.8 Å². The topological polar surface area (TPSA) is 69.7 Å². The molecule has 142 valence electrons. The van der Waals surface area contributed by atoms with Gasteiger partial charge in [-0.3, -0.25) is 24.2 Å². The van der Waals surface area contributed by atoms with E-state index in [1.54, 1.807) is 0 Å². The van der Waals surface area contributed by atoms with Gasteiger partial charge in [0.05, 0.1) is 5.41 Å². The van der Waals surface area contributed by atoms with Crippen molar-refractivity contribution in [3.8, 4) is 0 Å². The van der Waals surface area contributed by atoms with Crippen LogP contribution in [0.5, 0.6) is 0 Å². The van der Waals surface area contributed by atoms with E-state index in [2.05, 4.69) is 23.5 Å². The summed E-state index contributed by atoms with van der Waals surface area (Å²) in [5.74, 6) is -1.94. The highest BCUT2D eigenvalue weighted by molar-refractivity contribution is 6.42. The van der Waals surface area contributed by atoms with E-state index in [4.69, 9.17) is 0 Å². The smallest absolute Gasteiger partial charge is 0.319 e. The maximum atomic E-state index is 12.9. The molecule has 4 aliphatic rings. The van der Waals surface area contributed by atoms with Crippen LogP contribution in [0, 0.1) is 0 Å². The van der Waals surface area contributed by atoms with Crippen molar-refractivity contribution in [3.63, 3.8) is 0 Å². The summed E-state index contributed by atoms with van der Waals surface area (Å²) < 4.78 is 0. The molecule has 1 fully saturated rings. The van der Waals surface area contributed by atoms with Crippen LogP contribution in [0.3, 0.4) is 0 Å². The summed E-state index contributed by atoms with van der Waals surface area (Å²) in [6.07, 6.45) is 4.30. The molecular weight excluding hydrogens is 366 g/mol. The Hall–Kier alpha value is -3.67. The van der Waals surface area contributed by atoms with Crippen molar-refractivity contribution in [2.75, 3.05) is 12.4 Å². The molecule has 2 aromatic rings. The average Bonchev–Trinajstić information content (AvgIpc) is 3.39. The van der Waals surface area contributed by atoms with Crippen LogP contribution in [-0.2, 0) is 26.2 Å². The number of para-hydroxylation sites is 1. The summed E-state index contributed by atoms with van der Waals surface area (Å²) in [7, 11) is 1.35. The zero-order valence-electron chi connectivity index (χ0n) is 15.7. The number of nitrogens with zero attached hydrogens (tertiary/aromatic N) is 2. The first-order chi connectivity index (χ1) is 14.0. The maximum absolute atomic E-state index is 12.9. The summed E-state index contributed by atoms with van der Waals surface area (Å²) in [6.45, 7) is 0. The molecule has 1 saturated heterocycles. The number of nitrogens with one attached hydrogen (secondary N) is 1. The van der Waals surface area contributed by atoms with Crippen LogP contribution >= 0.6 is 0 Å². The third kappa shape index (κ3) is 1.79. The summed E-state index contributed by atoms with van der Waals surface area (Å²) in [6, 6.07) is 16.1. The Morgan fingerprint density at radius 1 is 0.966 bits per heavy atom. The predicted octanol–water partition coefficient (Wildman–Crippen LogP) is 2.04. The van der Waals surface area contributed by atoms with Crippen molar-refractivity contribution in [3.05, 3.63) is 83.1 Å². The third-order valence-electron chi connectivity index (χ3n) is 6.49. The zero-order chi connectivity index (χ0) is 19.9. The molecule has 3 aliphatic heterocycles. The molecule has 3 heterocycles.